The fraction of sp³-hybridized carbons (Fsp3) is 0.444. The highest BCUT2D eigenvalue weighted by molar-refractivity contribution is 5.44. The Morgan fingerprint density at radius 1 is 1.04 bits per heavy atom. The van der Waals surface area contributed by atoms with Crippen molar-refractivity contribution >= 4 is 11.6 Å². The molecule has 1 saturated heterocycles. The van der Waals surface area contributed by atoms with Crippen LogP contribution in [0.4, 0.5) is 16.0 Å². The van der Waals surface area contributed by atoms with Gasteiger partial charge in [-0.25, -0.2) is 9.37 Å². The smallest absolute Gasteiger partial charge is 0.149 e. The molecule has 1 aromatic carbocycles. The summed E-state index contributed by atoms with van der Waals surface area (Å²) in [6.07, 6.45) is 4.69. The number of benzene rings is 1. The van der Waals surface area contributed by atoms with Crippen molar-refractivity contribution in [3.05, 3.63) is 48.0 Å². The summed E-state index contributed by atoms with van der Waals surface area (Å²) in [4.78, 5) is 15.7. The second kappa shape index (κ2) is 7.57. The molecule has 24 heavy (non-hydrogen) atoms. The van der Waals surface area contributed by atoms with Gasteiger partial charge in [-0.15, -0.1) is 0 Å². The van der Waals surface area contributed by atoms with Gasteiger partial charge in [0, 0.05) is 46.8 Å². The average Bonchev–Trinajstić information content (AvgIpc) is 2.83. The molecule has 2 aromatic rings. The predicted molar refractivity (Wildman–Crippen MR) is 94.9 cm³/mol. The van der Waals surface area contributed by atoms with Crippen LogP contribution in [0.2, 0.25) is 0 Å². The van der Waals surface area contributed by atoms with Gasteiger partial charge in [0.2, 0.25) is 0 Å². The van der Waals surface area contributed by atoms with Crippen LogP contribution in [0, 0.1) is 5.82 Å². The molecule has 1 aliphatic rings. The second-order valence-electron chi connectivity index (χ2n) is 6.37. The zero-order valence-electron chi connectivity index (χ0n) is 14.3. The number of anilines is 2. The minimum absolute atomic E-state index is 0.180. The summed E-state index contributed by atoms with van der Waals surface area (Å²) in [5, 5.41) is 0. The molecule has 1 aliphatic heterocycles. The Bertz CT molecular complexity index is 659. The van der Waals surface area contributed by atoms with Crippen LogP contribution < -0.4 is 9.80 Å². The van der Waals surface area contributed by atoms with Crippen molar-refractivity contribution in [1.29, 1.82) is 0 Å². The molecule has 0 radical (unpaired) electrons. The van der Waals surface area contributed by atoms with Crippen molar-refractivity contribution in [2.45, 2.75) is 13.0 Å². The maximum atomic E-state index is 13.0. The molecule has 128 valence electrons. The zero-order chi connectivity index (χ0) is 16.9. The number of nitrogens with zero attached hydrogens (tertiary/aromatic N) is 5. The molecule has 0 bridgehead atoms. The molecule has 0 spiro atoms. The van der Waals surface area contributed by atoms with Gasteiger partial charge in [-0.2, -0.15) is 0 Å². The number of hydrogen-bond donors (Lipinski definition) is 0. The molecular weight excluding hydrogens is 305 g/mol. The Morgan fingerprint density at radius 3 is 2.58 bits per heavy atom. The molecule has 3 rings (SSSR count). The van der Waals surface area contributed by atoms with Crippen molar-refractivity contribution in [2.75, 3.05) is 50.1 Å². The van der Waals surface area contributed by atoms with Gasteiger partial charge in [-0.05, 0) is 24.1 Å². The van der Waals surface area contributed by atoms with E-state index < -0.39 is 0 Å². The Hall–Kier alpha value is -2.21. The first kappa shape index (κ1) is 16.6. The van der Waals surface area contributed by atoms with E-state index in [2.05, 4.69) is 19.8 Å². The van der Waals surface area contributed by atoms with Gasteiger partial charge in [0.05, 0.1) is 12.4 Å². The Labute approximate surface area is 142 Å². The highest BCUT2D eigenvalue weighted by atomic mass is 19.1. The van der Waals surface area contributed by atoms with Crippen LogP contribution >= 0.6 is 0 Å². The van der Waals surface area contributed by atoms with E-state index in [0.29, 0.717) is 0 Å². The molecule has 0 aliphatic carbocycles. The lowest BCUT2D eigenvalue weighted by Gasteiger charge is -2.23. The van der Waals surface area contributed by atoms with E-state index in [-0.39, 0.29) is 5.82 Å². The summed E-state index contributed by atoms with van der Waals surface area (Å²) in [6.45, 7) is 4.76. The highest BCUT2D eigenvalue weighted by Crippen LogP contribution is 2.17. The SMILES string of the molecule is CN(C)c1cncc(N2CCCN(Cc3ccc(F)cc3)CC2)n1. The van der Waals surface area contributed by atoms with E-state index in [4.69, 9.17) is 0 Å². The second-order valence-corrected chi connectivity index (χ2v) is 6.37. The largest absolute Gasteiger partial charge is 0.361 e. The topological polar surface area (TPSA) is 35.5 Å². The molecule has 0 atom stereocenters. The van der Waals surface area contributed by atoms with Crippen molar-refractivity contribution in [3.8, 4) is 0 Å². The third-order valence-corrected chi connectivity index (χ3v) is 4.30. The number of halogens is 1. The molecule has 2 heterocycles. The summed E-state index contributed by atoms with van der Waals surface area (Å²) in [7, 11) is 3.95. The number of hydrogen-bond acceptors (Lipinski definition) is 5. The number of rotatable bonds is 4. The molecule has 5 nitrogen and oxygen atoms in total. The Balaban J connectivity index is 1.62. The zero-order valence-corrected chi connectivity index (χ0v) is 14.3. The summed E-state index contributed by atoms with van der Waals surface area (Å²) >= 11 is 0. The van der Waals surface area contributed by atoms with Crippen LogP contribution in [0.25, 0.3) is 0 Å². The molecule has 0 amide bonds. The molecule has 0 N–H and O–H groups in total. The van der Waals surface area contributed by atoms with Crippen LogP contribution in [-0.4, -0.2) is 55.1 Å². The fourth-order valence-corrected chi connectivity index (χ4v) is 2.92. The first-order valence-electron chi connectivity index (χ1n) is 8.33. The van der Waals surface area contributed by atoms with Crippen molar-refractivity contribution in [2.24, 2.45) is 0 Å². The summed E-state index contributed by atoms with van der Waals surface area (Å²) in [6, 6.07) is 6.79. The van der Waals surface area contributed by atoms with Crippen LogP contribution in [-0.2, 0) is 6.54 Å². The van der Waals surface area contributed by atoms with Gasteiger partial charge in [-0.3, -0.25) is 9.88 Å². The first-order valence-corrected chi connectivity index (χ1v) is 8.33. The average molecular weight is 329 g/mol. The standard InChI is InChI=1S/C18H24FN5/c1-22(2)17-12-20-13-18(21-17)24-9-3-8-23(10-11-24)14-15-4-6-16(19)7-5-15/h4-7,12-13H,3,8-11,14H2,1-2H3. The van der Waals surface area contributed by atoms with E-state index in [1.807, 2.05) is 37.3 Å². The maximum Gasteiger partial charge on any atom is 0.149 e. The minimum atomic E-state index is -0.180. The van der Waals surface area contributed by atoms with Crippen molar-refractivity contribution < 1.29 is 4.39 Å². The van der Waals surface area contributed by atoms with Crippen molar-refractivity contribution in [1.82, 2.24) is 14.9 Å². The van der Waals surface area contributed by atoms with Crippen LogP contribution in [0.15, 0.2) is 36.7 Å². The van der Waals surface area contributed by atoms with E-state index in [9.17, 15) is 4.39 Å². The fourth-order valence-electron chi connectivity index (χ4n) is 2.92. The van der Waals surface area contributed by atoms with Gasteiger partial charge >= 0.3 is 0 Å². The van der Waals surface area contributed by atoms with Gasteiger partial charge in [0.25, 0.3) is 0 Å². The lowest BCUT2D eigenvalue weighted by atomic mass is 10.2. The molecule has 0 saturated carbocycles. The Morgan fingerprint density at radius 2 is 1.83 bits per heavy atom. The van der Waals surface area contributed by atoms with Gasteiger partial charge in [-0.1, -0.05) is 12.1 Å². The molecular formula is C18H24FN5. The van der Waals surface area contributed by atoms with E-state index in [1.165, 1.54) is 12.1 Å². The van der Waals surface area contributed by atoms with Crippen LogP contribution in [0.3, 0.4) is 0 Å². The number of aromatic nitrogens is 2. The predicted octanol–water partition coefficient (Wildman–Crippen LogP) is 2.39. The lowest BCUT2D eigenvalue weighted by molar-refractivity contribution is 0.285. The third kappa shape index (κ3) is 4.20. The maximum absolute atomic E-state index is 13.0. The summed E-state index contributed by atoms with van der Waals surface area (Å²) in [5.41, 5.74) is 1.15. The normalized spacial score (nSPS) is 16.0. The minimum Gasteiger partial charge on any atom is -0.361 e. The quantitative estimate of drug-likeness (QED) is 0.861. The molecule has 1 aromatic heterocycles. The Kier molecular flexibility index (Phi) is 5.25. The molecule has 1 fully saturated rings. The van der Waals surface area contributed by atoms with Crippen LogP contribution in [0.5, 0.6) is 0 Å². The highest BCUT2D eigenvalue weighted by Gasteiger charge is 2.17. The monoisotopic (exact) mass is 329 g/mol. The molecule has 6 heteroatoms. The van der Waals surface area contributed by atoms with E-state index in [0.717, 1.165) is 56.3 Å². The van der Waals surface area contributed by atoms with Gasteiger partial charge in [0.1, 0.15) is 17.5 Å². The third-order valence-electron chi connectivity index (χ3n) is 4.30. The lowest BCUT2D eigenvalue weighted by Crippen LogP contribution is -2.31. The van der Waals surface area contributed by atoms with Gasteiger partial charge < -0.3 is 9.80 Å². The van der Waals surface area contributed by atoms with Crippen molar-refractivity contribution in [3.63, 3.8) is 0 Å². The van der Waals surface area contributed by atoms with Crippen LogP contribution in [0.1, 0.15) is 12.0 Å². The van der Waals surface area contributed by atoms with E-state index >= 15 is 0 Å². The summed E-state index contributed by atoms with van der Waals surface area (Å²) < 4.78 is 13.0. The van der Waals surface area contributed by atoms with E-state index in [1.54, 1.807) is 6.20 Å². The first-order chi connectivity index (χ1) is 11.6. The summed E-state index contributed by atoms with van der Waals surface area (Å²) in [5.74, 6) is 1.63. The molecule has 0 unspecified atom stereocenters. The van der Waals surface area contributed by atoms with Gasteiger partial charge in [0.15, 0.2) is 0 Å².